The van der Waals surface area contributed by atoms with Crippen LogP contribution in [0, 0.1) is 9.49 Å². The van der Waals surface area contributed by atoms with Crippen LogP contribution in [-0.2, 0) is 30.2 Å². The highest BCUT2D eigenvalue weighted by Gasteiger charge is 2.46. The van der Waals surface area contributed by atoms with Crippen molar-refractivity contribution in [1.29, 1.82) is 0 Å². The van der Waals surface area contributed by atoms with Crippen LogP contribution in [-0.4, -0.2) is 18.2 Å². The number of fused-ring (bicyclic) bond motifs is 3. The van der Waals surface area contributed by atoms with Gasteiger partial charge in [0.2, 0.25) is 0 Å². The molecule has 1 saturated heterocycles. The molecule has 2 aliphatic heterocycles. The lowest BCUT2D eigenvalue weighted by atomic mass is 9.98. The smallest absolute Gasteiger partial charge is 0.338 e. The molecule has 3 unspecified atom stereocenters. The van der Waals surface area contributed by atoms with Crippen LogP contribution in [0.25, 0.3) is 0 Å². The van der Waals surface area contributed by atoms with Gasteiger partial charge in [-0.05, 0) is 59.2 Å². The third-order valence-corrected chi connectivity index (χ3v) is 5.02. The minimum Gasteiger partial charge on any atom is -0.458 e. The van der Waals surface area contributed by atoms with Gasteiger partial charge in [-0.2, -0.15) is 0 Å². The Labute approximate surface area is 146 Å². The summed E-state index contributed by atoms with van der Waals surface area (Å²) in [7, 11) is 0. The lowest BCUT2D eigenvalue weighted by Crippen LogP contribution is -2.11. The van der Waals surface area contributed by atoms with Crippen molar-refractivity contribution in [1.82, 2.24) is 0 Å². The Balaban J connectivity index is 1.56. The van der Waals surface area contributed by atoms with Crippen LogP contribution in [0.5, 0.6) is 0 Å². The lowest BCUT2D eigenvalue weighted by molar-refractivity contribution is -0.152. The molecule has 5 nitrogen and oxygen atoms in total. The molecule has 0 amide bonds. The second-order valence-corrected chi connectivity index (χ2v) is 7.06. The maximum absolute atomic E-state index is 12.1. The van der Waals surface area contributed by atoms with Gasteiger partial charge in [-0.1, -0.05) is 6.07 Å². The van der Waals surface area contributed by atoms with E-state index in [2.05, 4.69) is 34.7 Å². The molecule has 1 fully saturated rings. The molecule has 0 saturated carbocycles. The van der Waals surface area contributed by atoms with Crippen LogP contribution in [0.15, 0.2) is 41.7 Å². The number of hydrogen-bond donors (Lipinski definition) is 0. The molecule has 0 N–H and O–H groups in total. The normalized spacial score (nSPS) is 29.9. The van der Waals surface area contributed by atoms with Crippen molar-refractivity contribution in [2.24, 2.45) is 5.92 Å². The molecule has 3 aliphatic rings. The number of carbonyl (C=O) groups is 2. The van der Waals surface area contributed by atoms with Crippen molar-refractivity contribution in [3.63, 3.8) is 0 Å². The van der Waals surface area contributed by atoms with Gasteiger partial charge in [0.1, 0.15) is 6.10 Å². The molecule has 6 heteroatoms. The molecule has 23 heavy (non-hydrogen) atoms. The summed E-state index contributed by atoms with van der Waals surface area (Å²) in [6.07, 6.45) is 2.70. The minimum atomic E-state index is -0.772. The maximum atomic E-state index is 12.1. The Morgan fingerprint density at radius 1 is 1.26 bits per heavy atom. The molecule has 1 aliphatic carbocycles. The zero-order chi connectivity index (χ0) is 16.1. The number of esters is 2. The number of carbonyl (C=O) groups excluding carboxylic acids is 2. The Morgan fingerprint density at radius 2 is 2.09 bits per heavy atom. The van der Waals surface area contributed by atoms with Gasteiger partial charge < -0.3 is 14.2 Å². The summed E-state index contributed by atoms with van der Waals surface area (Å²) in [6.45, 7) is 1.66. The largest absolute Gasteiger partial charge is 0.458 e. The zero-order valence-corrected chi connectivity index (χ0v) is 14.4. The topological polar surface area (TPSA) is 61.8 Å². The maximum Gasteiger partial charge on any atom is 0.338 e. The monoisotopic (exact) mass is 424 g/mol. The van der Waals surface area contributed by atoms with Crippen LogP contribution < -0.4 is 0 Å². The first kappa shape index (κ1) is 14.7. The van der Waals surface area contributed by atoms with E-state index in [9.17, 15) is 9.59 Å². The molecule has 0 radical (unpaired) electrons. The molecule has 1 aromatic rings. The number of cyclic esters (lactones) is 1. The van der Waals surface area contributed by atoms with E-state index in [4.69, 9.17) is 14.2 Å². The third kappa shape index (κ3) is 2.45. The van der Waals surface area contributed by atoms with Gasteiger partial charge in [-0.25, -0.2) is 9.59 Å². The van der Waals surface area contributed by atoms with Crippen LogP contribution >= 0.6 is 22.6 Å². The molecule has 0 aromatic heterocycles. The van der Waals surface area contributed by atoms with Crippen LogP contribution in [0.3, 0.4) is 0 Å². The standard InChI is InChI=1S/C17H13IO5/c1-8-4-14(22-16(8)19)21-7-13-12-5-9-2-3-10(18)6-11(9)15(12)23-17(13)20/h2-4,6-7,12,14-15H,5H2,1H3/b13-7+. The van der Waals surface area contributed by atoms with E-state index in [0.29, 0.717) is 11.1 Å². The quantitative estimate of drug-likeness (QED) is 0.316. The summed E-state index contributed by atoms with van der Waals surface area (Å²) in [4.78, 5) is 23.4. The van der Waals surface area contributed by atoms with Crippen molar-refractivity contribution < 1.29 is 23.8 Å². The van der Waals surface area contributed by atoms with E-state index < -0.39 is 12.3 Å². The average Bonchev–Trinajstić information content (AvgIpc) is 3.10. The van der Waals surface area contributed by atoms with Crippen molar-refractivity contribution in [3.05, 3.63) is 56.4 Å². The Morgan fingerprint density at radius 3 is 2.83 bits per heavy atom. The molecular formula is C17H13IO5. The SMILES string of the molecule is CC1=CC(O/C=C2/C(=O)OC3c4cc(I)ccc4CC23)OC1=O. The fourth-order valence-corrected chi connectivity index (χ4v) is 3.69. The predicted molar refractivity (Wildman–Crippen MR) is 88.0 cm³/mol. The fraction of sp³-hybridized carbons (Fsp3) is 0.294. The van der Waals surface area contributed by atoms with Crippen molar-refractivity contribution in [3.8, 4) is 0 Å². The second-order valence-electron chi connectivity index (χ2n) is 5.81. The Kier molecular flexibility index (Phi) is 3.44. The first-order valence-corrected chi connectivity index (χ1v) is 8.35. The number of ether oxygens (including phenoxy) is 3. The Bertz CT molecular complexity index is 779. The summed E-state index contributed by atoms with van der Waals surface area (Å²) < 4.78 is 17.1. The van der Waals surface area contributed by atoms with Crippen molar-refractivity contribution in [2.75, 3.05) is 0 Å². The summed E-state index contributed by atoms with van der Waals surface area (Å²) in [5.74, 6) is -0.810. The van der Waals surface area contributed by atoms with E-state index in [-0.39, 0.29) is 18.0 Å². The highest BCUT2D eigenvalue weighted by Crippen LogP contribution is 2.48. The van der Waals surface area contributed by atoms with Gasteiger partial charge in [-0.15, -0.1) is 0 Å². The number of rotatable bonds is 2. The molecule has 2 heterocycles. The van der Waals surface area contributed by atoms with E-state index >= 15 is 0 Å². The van der Waals surface area contributed by atoms with E-state index in [1.807, 2.05) is 6.07 Å². The van der Waals surface area contributed by atoms with Crippen molar-refractivity contribution in [2.45, 2.75) is 25.7 Å². The van der Waals surface area contributed by atoms with Crippen LogP contribution in [0.1, 0.15) is 24.2 Å². The fourth-order valence-electron chi connectivity index (χ4n) is 3.18. The van der Waals surface area contributed by atoms with Crippen molar-refractivity contribution >= 4 is 34.5 Å². The number of hydrogen-bond acceptors (Lipinski definition) is 5. The lowest BCUT2D eigenvalue weighted by Gasteiger charge is -2.09. The molecule has 0 spiro atoms. The van der Waals surface area contributed by atoms with Crippen LogP contribution in [0.2, 0.25) is 0 Å². The number of halogens is 1. The van der Waals surface area contributed by atoms with E-state index in [0.717, 1.165) is 15.6 Å². The summed E-state index contributed by atoms with van der Waals surface area (Å²) in [5, 5.41) is 0. The molecular weight excluding hydrogens is 411 g/mol. The summed E-state index contributed by atoms with van der Waals surface area (Å²) in [5.41, 5.74) is 3.27. The zero-order valence-electron chi connectivity index (χ0n) is 12.2. The predicted octanol–water partition coefficient (Wildman–Crippen LogP) is 2.79. The highest BCUT2D eigenvalue weighted by molar-refractivity contribution is 14.1. The van der Waals surface area contributed by atoms with Gasteiger partial charge >= 0.3 is 11.9 Å². The third-order valence-electron chi connectivity index (χ3n) is 4.35. The van der Waals surface area contributed by atoms with Gasteiger partial charge in [0.15, 0.2) is 0 Å². The molecule has 0 bridgehead atoms. The Hall–Kier alpha value is -1.83. The van der Waals surface area contributed by atoms with Gasteiger partial charge in [0.05, 0.1) is 11.8 Å². The van der Waals surface area contributed by atoms with Gasteiger partial charge in [-0.3, -0.25) is 0 Å². The highest BCUT2D eigenvalue weighted by atomic mass is 127. The average molecular weight is 424 g/mol. The number of benzene rings is 1. The van der Waals surface area contributed by atoms with Gasteiger partial charge in [0, 0.05) is 21.1 Å². The van der Waals surface area contributed by atoms with Crippen LogP contribution in [0.4, 0.5) is 0 Å². The molecule has 3 atom stereocenters. The van der Waals surface area contributed by atoms with E-state index in [1.54, 1.807) is 13.0 Å². The first-order valence-electron chi connectivity index (χ1n) is 7.27. The molecule has 4 rings (SSSR count). The minimum absolute atomic E-state index is 0.0436. The molecule has 118 valence electrons. The molecule has 1 aromatic carbocycles. The van der Waals surface area contributed by atoms with E-state index in [1.165, 1.54) is 11.8 Å². The second kappa shape index (κ2) is 5.36. The van der Waals surface area contributed by atoms with Gasteiger partial charge in [0.25, 0.3) is 6.29 Å². The first-order chi connectivity index (χ1) is 11.0. The summed E-state index contributed by atoms with van der Waals surface area (Å²) >= 11 is 2.25. The summed E-state index contributed by atoms with van der Waals surface area (Å²) in [6, 6.07) is 6.18.